The molecule has 1 heterocycles. The smallest absolute Gasteiger partial charge is 0.0147 e. The molecule has 1 nitrogen and oxygen atoms in total. The fourth-order valence-electron chi connectivity index (χ4n) is 1.71. The van der Waals surface area contributed by atoms with E-state index in [4.69, 9.17) is 0 Å². The van der Waals surface area contributed by atoms with Crippen molar-refractivity contribution in [2.24, 2.45) is 5.41 Å². The summed E-state index contributed by atoms with van der Waals surface area (Å²) in [6.07, 6.45) is 0. The van der Waals surface area contributed by atoms with Crippen molar-refractivity contribution in [1.29, 1.82) is 0 Å². The predicted molar refractivity (Wildman–Crippen MR) is 57.8 cm³/mol. The average Bonchev–Trinajstić information content (AvgIpc) is 1.82. The molecule has 0 aromatic rings. The van der Waals surface area contributed by atoms with Crippen LogP contribution >= 0.6 is 11.8 Å². The van der Waals surface area contributed by atoms with Crippen molar-refractivity contribution in [3.63, 3.8) is 0 Å². The lowest BCUT2D eigenvalue weighted by molar-refractivity contribution is 0.198. The second-order valence-electron chi connectivity index (χ2n) is 4.98. The first kappa shape index (κ1) is 10.4. The number of nitrogens with zero attached hydrogens (tertiary/aromatic N) is 1. The number of hydrogen-bond acceptors (Lipinski definition) is 2. The topological polar surface area (TPSA) is 3.24 Å². The molecular weight excluding hydrogens is 166 g/mol. The Labute approximate surface area is 80.9 Å². The zero-order chi connectivity index (χ0) is 9.19. The number of thioether (sulfide) groups is 1. The molecule has 0 radical (unpaired) electrons. The molecule has 72 valence electrons. The monoisotopic (exact) mass is 187 g/mol. The molecular formula is C10H21NS. The van der Waals surface area contributed by atoms with Gasteiger partial charge in [0.2, 0.25) is 0 Å². The third-order valence-electron chi connectivity index (χ3n) is 2.02. The van der Waals surface area contributed by atoms with Gasteiger partial charge in [0, 0.05) is 30.6 Å². The van der Waals surface area contributed by atoms with Crippen LogP contribution in [0.1, 0.15) is 27.7 Å². The zero-order valence-electron chi connectivity index (χ0n) is 8.76. The molecule has 0 aliphatic carbocycles. The summed E-state index contributed by atoms with van der Waals surface area (Å²) >= 11 is 2.11. The maximum Gasteiger partial charge on any atom is 0.0147 e. The summed E-state index contributed by atoms with van der Waals surface area (Å²) in [5.41, 5.74) is 0.460. The van der Waals surface area contributed by atoms with Gasteiger partial charge in [0.1, 0.15) is 0 Å². The zero-order valence-corrected chi connectivity index (χ0v) is 9.58. The quantitative estimate of drug-likeness (QED) is 0.620. The average molecular weight is 187 g/mol. The Balaban J connectivity index is 2.32. The molecule has 0 N–H and O–H groups in total. The molecule has 1 unspecified atom stereocenters. The Morgan fingerprint density at radius 3 is 2.58 bits per heavy atom. The van der Waals surface area contributed by atoms with Gasteiger partial charge in [-0.1, -0.05) is 27.7 Å². The Morgan fingerprint density at radius 1 is 1.42 bits per heavy atom. The molecule has 0 aromatic carbocycles. The molecule has 0 bridgehead atoms. The van der Waals surface area contributed by atoms with E-state index in [1.165, 1.54) is 25.4 Å². The minimum absolute atomic E-state index is 0.460. The highest BCUT2D eigenvalue weighted by molar-refractivity contribution is 7.99. The van der Waals surface area contributed by atoms with Crippen LogP contribution in [0, 0.1) is 5.41 Å². The normalized spacial score (nSPS) is 27.5. The van der Waals surface area contributed by atoms with Crippen molar-refractivity contribution in [2.75, 3.05) is 25.4 Å². The van der Waals surface area contributed by atoms with Crippen molar-refractivity contribution in [3.8, 4) is 0 Å². The van der Waals surface area contributed by atoms with Crippen LogP contribution in [-0.4, -0.2) is 35.5 Å². The first-order valence-corrected chi connectivity index (χ1v) is 5.86. The first-order valence-electron chi connectivity index (χ1n) is 4.81. The Hall–Kier alpha value is 0.310. The Kier molecular flexibility index (Phi) is 3.47. The van der Waals surface area contributed by atoms with E-state index < -0.39 is 0 Å². The van der Waals surface area contributed by atoms with E-state index in [1.54, 1.807) is 0 Å². The van der Waals surface area contributed by atoms with Crippen molar-refractivity contribution in [1.82, 2.24) is 4.90 Å². The van der Waals surface area contributed by atoms with Crippen molar-refractivity contribution in [2.45, 2.75) is 32.9 Å². The van der Waals surface area contributed by atoms with Gasteiger partial charge in [-0.2, -0.15) is 11.8 Å². The lowest BCUT2D eigenvalue weighted by atomic mass is 9.96. The Bertz CT molecular complexity index is 139. The van der Waals surface area contributed by atoms with Crippen LogP contribution in [0.2, 0.25) is 0 Å². The number of rotatable bonds is 1. The highest BCUT2D eigenvalue weighted by Crippen LogP contribution is 2.22. The molecule has 0 amide bonds. The fraction of sp³-hybridized carbons (Fsp3) is 1.00. The van der Waals surface area contributed by atoms with Gasteiger partial charge in [-0.25, -0.2) is 0 Å². The lowest BCUT2D eigenvalue weighted by Gasteiger charge is -2.35. The summed E-state index contributed by atoms with van der Waals surface area (Å²) in [4.78, 5) is 2.60. The molecule has 12 heavy (non-hydrogen) atoms. The molecule has 1 atom stereocenters. The summed E-state index contributed by atoms with van der Waals surface area (Å²) in [5.74, 6) is 1.32. The van der Waals surface area contributed by atoms with Crippen LogP contribution in [0.4, 0.5) is 0 Å². The second-order valence-corrected chi connectivity index (χ2v) is 6.52. The van der Waals surface area contributed by atoms with Gasteiger partial charge in [-0.05, 0) is 5.41 Å². The predicted octanol–water partition coefficient (Wildman–Crippen LogP) is 2.47. The lowest BCUT2D eigenvalue weighted by Crippen LogP contribution is -2.41. The minimum Gasteiger partial charge on any atom is -0.301 e. The standard InChI is InChI=1S/C10H21NS/c1-9-7-11(5-6-12-9)8-10(2,3)4/h9H,5-8H2,1-4H3. The van der Waals surface area contributed by atoms with Crippen LogP contribution in [0.3, 0.4) is 0 Å². The van der Waals surface area contributed by atoms with Gasteiger partial charge in [-0.15, -0.1) is 0 Å². The summed E-state index contributed by atoms with van der Waals surface area (Å²) in [5, 5.41) is 0.834. The third kappa shape index (κ3) is 3.81. The van der Waals surface area contributed by atoms with Crippen LogP contribution in [0.25, 0.3) is 0 Å². The SMILES string of the molecule is CC1CN(CC(C)(C)C)CCS1. The van der Waals surface area contributed by atoms with E-state index in [-0.39, 0.29) is 0 Å². The van der Waals surface area contributed by atoms with Gasteiger partial charge in [0.25, 0.3) is 0 Å². The molecule has 1 saturated heterocycles. The third-order valence-corrected chi connectivity index (χ3v) is 3.16. The molecule has 1 rings (SSSR count). The van der Waals surface area contributed by atoms with Crippen LogP contribution in [0.15, 0.2) is 0 Å². The molecule has 0 saturated carbocycles. The Morgan fingerprint density at radius 2 is 2.08 bits per heavy atom. The minimum atomic E-state index is 0.460. The summed E-state index contributed by atoms with van der Waals surface area (Å²) in [6.45, 7) is 13.1. The fourth-order valence-corrected chi connectivity index (χ4v) is 2.79. The van der Waals surface area contributed by atoms with E-state index in [1.807, 2.05) is 0 Å². The van der Waals surface area contributed by atoms with E-state index >= 15 is 0 Å². The van der Waals surface area contributed by atoms with Gasteiger partial charge >= 0.3 is 0 Å². The largest absolute Gasteiger partial charge is 0.301 e. The van der Waals surface area contributed by atoms with E-state index in [9.17, 15) is 0 Å². The molecule has 1 aliphatic heterocycles. The van der Waals surface area contributed by atoms with E-state index in [2.05, 4.69) is 44.4 Å². The van der Waals surface area contributed by atoms with Gasteiger partial charge < -0.3 is 4.90 Å². The van der Waals surface area contributed by atoms with E-state index in [0.29, 0.717) is 5.41 Å². The van der Waals surface area contributed by atoms with Crippen molar-refractivity contribution < 1.29 is 0 Å². The molecule has 2 heteroatoms. The van der Waals surface area contributed by atoms with Crippen LogP contribution < -0.4 is 0 Å². The molecule has 1 aliphatic rings. The van der Waals surface area contributed by atoms with Crippen molar-refractivity contribution in [3.05, 3.63) is 0 Å². The van der Waals surface area contributed by atoms with Gasteiger partial charge in [0.15, 0.2) is 0 Å². The van der Waals surface area contributed by atoms with Crippen LogP contribution in [0.5, 0.6) is 0 Å². The maximum absolute atomic E-state index is 2.60. The van der Waals surface area contributed by atoms with Gasteiger partial charge in [0.05, 0.1) is 0 Å². The van der Waals surface area contributed by atoms with E-state index in [0.717, 1.165) is 5.25 Å². The molecule has 0 spiro atoms. The summed E-state index contributed by atoms with van der Waals surface area (Å²) in [6, 6.07) is 0. The van der Waals surface area contributed by atoms with Crippen molar-refractivity contribution >= 4 is 11.8 Å². The highest BCUT2D eigenvalue weighted by Gasteiger charge is 2.21. The second kappa shape index (κ2) is 4.01. The highest BCUT2D eigenvalue weighted by atomic mass is 32.2. The summed E-state index contributed by atoms with van der Waals surface area (Å²) in [7, 11) is 0. The summed E-state index contributed by atoms with van der Waals surface area (Å²) < 4.78 is 0. The molecule has 1 fully saturated rings. The number of hydrogen-bond donors (Lipinski definition) is 0. The maximum atomic E-state index is 2.60. The van der Waals surface area contributed by atoms with Gasteiger partial charge in [-0.3, -0.25) is 0 Å². The molecule has 0 aromatic heterocycles. The van der Waals surface area contributed by atoms with Crippen LogP contribution in [-0.2, 0) is 0 Å². The first-order chi connectivity index (χ1) is 5.47.